The fourth-order valence-corrected chi connectivity index (χ4v) is 4.13. The second kappa shape index (κ2) is 7.28. The maximum atomic E-state index is 12.3. The fourth-order valence-electron chi connectivity index (χ4n) is 3.93. The van der Waals surface area contributed by atoms with Crippen molar-refractivity contribution in [3.05, 3.63) is 62.4 Å². The van der Waals surface area contributed by atoms with Gasteiger partial charge in [0.25, 0.3) is 5.56 Å². The van der Waals surface area contributed by atoms with Crippen molar-refractivity contribution in [2.24, 2.45) is 4.99 Å². The number of benzene rings is 2. The molecule has 1 saturated carbocycles. The summed E-state index contributed by atoms with van der Waals surface area (Å²) in [5.74, 6) is 1.88. The molecule has 0 bridgehead atoms. The minimum Gasteiger partial charge on any atom is -0.342 e. The van der Waals surface area contributed by atoms with Crippen LogP contribution in [0.2, 0.25) is 5.02 Å². The van der Waals surface area contributed by atoms with Gasteiger partial charge in [0.2, 0.25) is 0 Å². The Bertz CT molecular complexity index is 1200. The zero-order chi connectivity index (χ0) is 20.0. The average Bonchev–Trinajstić information content (AvgIpc) is 2.66. The molecule has 3 aromatic rings. The first kappa shape index (κ1) is 18.3. The number of hydrogen-bond donors (Lipinski definition) is 3. The van der Waals surface area contributed by atoms with Crippen LogP contribution in [0.5, 0.6) is 0 Å². The summed E-state index contributed by atoms with van der Waals surface area (Å²) in [5.41, 5.74) is 4.16. The Labute approximate surface area is 173 Å². The Morgan fingerprint density at radius 3 is 2.83 bits per heavy atom. The number of nitrogens with zero attached hydrogens (tertiary/aromatic N) is 2. The molecule has 1 aromatic heterocycles. The highest BCUT2D eigenvalue weighted by molar-refractivity contribution is 6.31. The zero-order valence-corrected chi connectivity index (χ0v) is 16.9. The summed E-state index contributed by atoms with van der Waals surface area (Å²) < 4.78 is 0. The number of aromatic nitrogens is 2. The molecule has 0 amide bonds. The Morgan fingerprint density at radius 1 is 1.21 bits per heavy atom. The zero-order valence-electron chi connectivity index (χ0n) is 16.2. The third-order valence-electron chi connectivity index (χ3n) is 5.85. The van der Waals surface area contributed by atoms with Crippen molar-refractivity contribution in [2.45, 2.75) is 38.6 Å². The highest BCUT2D eigenvalue weighted by Gasteiger charge is 2.24. The number of aromatic amines is 1. The van der Waals surface area contributed by atoms with E-state index in [0.29, 0.717) is 30.2 Å². The quantitative estimate of drug-likeness (QED) is 0.585. The third kappa shape index (κ3) is 3.43. The molecule has 0 saturated heterocycles. The van der Waals surface area contributed by atoms with Gasteiger partial charge in [-0.05, 0) is 60.6 Å². The smallest absolute Gasteiger partial charge is 0.272 e. The van der Waals surface area contributed by atoms with Crippen molar-refractivity contribution in [1.82, 2.24) is 15.5 Å². The minimum atomic E-state index is -0.166. The predicted molar refractivity (Wildman–Crippen MR) is 118 cm³/mol. The first-order chi connectivity index (χ1) is 14.1. The summed E-state index contributed by atoms with van der Waals surface area (Å²) in [4.78, 5) is 17.0. The molecule has 0 radical (unpaired) electrons. The summed E-state index contributed by atoms with van der Waals surface area (Å²) >= 11 is 6.21. The average molecular weight is 408 g/mol. The number of amidine groups is 1. The van der Waals surface area contributed by atoms with E-state index in [1.54, 1.807) is 0 Å². The van der Waals surface area contributed by atoms with Crippen molar-refractivity contribution in [3.63, 3.8) is 0 Å². The number of aliphatic imine (C=N–C) groups is 1. The van der Waals surface area contributed by atoms with E-state index < -0.39 is 0 Å². The molecular formula is C22H22ClN5O. The Balaban J connectivity index is 1.39. The van der Waals surface area contributed by atoms with Gasteiger partial charge in [-0.15, -0.1) is 0 Å². The first-order valence-corrected chi connectivity index (χ1v) is 10.3. The van der Waals surface area contributed by atoms with Crippen LogP contribution in [0.25, 0.3) is 10.8 Å². The topological polar surface area (TPSA) is 82.2 Å². The van der Waals surface area contributed by atoms with Crippen LogP contribution in [0.1, 0.15) is 41.9 Å². The Hall–Kier alpha value is -2.70. The van der Waals surface area contributed by atoms with Crippen molar-refractivity contribution in [3.8, 4) is 0 Å². The maximum Gasteiger partial charge on any atom is 0.272 e. The Morgan fingerprint density at radius 2 is 2.07 bits per heavy atom. The van der Waals surface area contributed by atoms with Gasteiger partial charge in [0.1, 0.15) is 5.84 Å². The van der Waals surface area contributed by atoms with Crippen LogP contribution in [-0.2, 0) is 6.54 Å². The van der Waals surface area contributed by atoms with Crippen LogP contribution >= 0.6 is 11.6 Å². The predicted octanol–water partition coefficient (Wildman–Crippen LogP) is 4.40. The van der Waals surface area contributed by atoms with E-state index in [-0.39, 0.29) is 5.56 Å². The number of halogens is 1. The molecule has 0 spiro atoms. The molecule has 2 aromatic carbocycles. The monoisotopic (exact) mass is 407 g/mol. The van der Waals surface area contributed by atoms with Crippen LogP contribution in [0, 0.1) is 6.92 Å². The molecule has 148 valence electrons. The van der Waals surface area contributed by atoms with Crippen LogP contribution < -0.4 is 16.2 Å². The largest absolute Gasteiger partial charge is 0.342 e. The van der Waals surface area contributed by atoms with Gasteiger partial charge in [-0.1, -0.05) is 30.2 Å². The number of anilines is 1. The van der Waals surface area contributed by atoms with Crippen LogP contribution in [0.3, 0.4) is 0 Å². The number of nitrogens with one attached hydrogen (secondary N) is 3. The van der Waals surface area contributed by atoms with Gasteiger partial charge in [-0.2, -0.15) is 5.10 Å². The number of rotatable bonds is 5. The second-order valence-electron chi connectivity index (χ2n) is 7.87. The van der Waals surface area contributed by atoms with Crippen LogP contribution in [0.4, 0.5) is 11.5 Å². The van der Waals surface area contributed by atoms with E-state index in [4.69, 9.17) is 11.6 Å². The Kier molecular flexibility index (Phi) is 4.60. The highest BCUT2D eigenvalue weighted by atomic mass is 35.5. The second-order valence-corrected chi connectivity index (χ2v) is 8.27. The molecule has 0 unspecified atom stereocenters. The van der Waals surface area contributed by atoms with Crippen molar-refractivity contribution in [1.29, 1.82) is 0 Å². The molecule has 29 heavy (non-hydrogen) atoms. The van der Waals surface area contributed by atoms with Gasteiger partial charge in [0, 0.05) is 11.6 Å². The summed E-state index contributed by atoms with van der Waals surface area (Å²) in [5, 5.41) is 15.8. The molecule has 0 atom stereocenters. The van der Waals surface area contributed by atoms with Gasteiger partial charge in [-0.25, -0.2) is 10.1 Å². The lowest BCUT2D eigenvalue weighted by Gasteiger charge is -2.27. The van der Waals surface area contributed by atoms with E-state index in [0.717, 1.165) is 33.1 Å². The number of hydrogen-bond acceptors (Lipinski definition) is 5. The van der Waals surface area contributed by atoms with Crippen LogP contribution in [0.15, 0.2) is 40.1 Å². The third-order valence-corrected chi connectivity index (χ3v) is 6.25. The van der Waals surface area contributed by atoms with E-state index in [1.165, 1.54) is 24.8 Å². The molecule has 5 rings (SSSR count). The number of H-pyrrole nitrogens is 1. The van der Waals surface area contributed by atoms with Gasteiger partial charge < -0.3 is 10.6 Å². The van der Waals surface area contributed by atoms with Gasteiger partial charge in [0.05, 0.1) is 23.0 Å². The van der Waals surface area contributed by atoms with Gasteiger partial charge in [-0.3, -0.25) is 4.79 Å². The molecule has 2 heterocycles. The number of aryl methyl sites for hydroxylation is 1. The van der Waals surface area contributed by atoms with E-state index in [1.807, 2.05) is 25.1 Å². The standard InChI is InChI=1S/C22H22ClN5O/c1-12-5-6-13(7-17(12)23)10-24-11-19-25-18-9-15(14-3-2-4-14)8-16-20(18)21(26-19)27-28-22(16)29/h5-9,14,24H,2-4,10-11H2,1H3,(H,28,29)(H,25,26,27). The minimum absolute atomic E-state index is 0.166. The lowest BCUT2D eigenvalue weighted by Crippen LogP contribution is -2.30. The molecule has 1 aliphatic carbocycles. The molecule has 1 aliphatic heterocycles. The van der Waals surface area contributed by atoms with Gasteiger partial charge >= 0.3 is 0 Å². The summed E-state index contributed by atoms with van der Waals surface area (Å²) in [6.07, 6.45) is 3.62. The van der Waals surface area contributed by atoms with E-state index >= 15 is 0 Å². The molecule has 2 aliphatic rings. The SMILES string of the molecule is Cc1ccc(CNCC2=Nc3n[nH]c(=O)c4cc(C5CCC5)cc(c34)N2)cc1Cl. The maximum absolute atomic E-state index is 12.3. The van der Waals surface area contributed by atoms with Gasteiger partial charge in [0.15, 0.2) is 5.82 Å². The van der Waals surface area contributed by atoms with Crippen molar-refractivity contribution >= 4 is 39.7 Å². The van der Waals surface area contributed by atoms with Crippen molar-refractivity contribution in [2.75, 3.05) is 11.9 Å². The summed E-state index contributed by atoms with van der Waals surface area (Å²) in [6, 6.07) is 10.2. The fraction of sp³-hybridized carbons (Fsp3) is 0.318. The lowest BCUT2D eigenvalue weighted by molar-refractivity contribution is 0.420. The normalized spacial score (nSPS) is 15.7. The van der Waals surface area contributed by atoms with Crippen molar-refractivity contribution < 1.29 is 0 Å². The molecule has 3 N–H and O–H groups in total. The summed E-state index contributed by atoms with van der Waals surface area (Å²) in [7, 11) is 0. The van der Waals surface area contributed by atoms with Crippen LogP contribution in [-0.4, -0.2) is 22.6 Å². The summed E-state index contributed by atoms with van der Waals surface area (Å²) in [6.45, 7) is 3.23. The van der Waals surface area contributed by atoms with E-state index in [2.05, 4.69) is 38.0 Å². The first-order valence-electron chi connectivity index (χ1n) is 9.95. The highest BCUT2D eigenvalue weighted by Crippen LogP contribution is 2.41. The molecular weight excluding hydrogens is 386 g/mol. The van der Waals surface area contributed by atoms with E-state index in [9.17, 15) is 4.79 Å². The molecule has 6 nitrogen and oxygen atoms in total. The lowest BCUT2D eigenvalue weighted by atomic mass is 9.79. The molecule has 7 heteroatoms. The molecule has 1 fully saturated rings.